The molecule has 412 valence electrons. The predicted octanol–water partition coefficient (Wildman–Crippen LogP) is 1.42. The summed E-state index contributed by atoms with van der Waals surface area (Å²) in [6.45, 7) is 16.7. The highest BCUT2D eigenvalue weighted by Crippen LogP contribution is 2.76. The maximum absolute atomic E-state index is 15.6. The fourth-order valence-corrected chi connectivity index (χ4v) is 15.8. The Morgan fingerprint density at radius 2 is 1.44 bits per heavy atom. The van der Waals surface area contributed by atoms with Gasteiger partial charge in [0.15, 0.2) is 18.7 Å². The molecule has 3 heterocycles. The van der Waals surface area contributed by atoms with Gasteiger partial charge in [-0.05, 0) is 129 Å². The Kier molecular flexibility index (Phi) is 16.3. The van der Waals surface area contributed by atoms with Gasteiger partial charge in [0.2, 0.25) is 12.2 Å². The van der Waals surface area contributed by atoms with Gasteiger partial charge in [0.05, 0.1) is 37.6 Å². The molecule has 23 atom stereocenters. The molecule has 0 bridgehead atoms. The van der Waals surface area contributed by atoms with Gasteiger partial charge in [0.25, 0.3) is 0 Å². The van der Waals surface area contributed by atoms with Crippen LogP contribution in [0.4, 0.5) is 0 Å². The van der Waals surface area contributed by atoms with Gasteiger partial charge in [-0.3, -0.25) is 9.59 Å². The first-order valence-electron chi connectivity index (χ1n) is 26.9. The summed E-state index contributed by atoms with van der Waals surface area (Å²) in [5.41, 5.74) is 4.07. The van der Waals surface area contributed by atoms with Gasteiger partial charge in [0.1, 0.15) is 54.2 Å². The third-order valence-electron chi connectivity index (χ3n) is 20.4. The lowest BCUT2D eigenvalue weighted by molar-refractivity contribution is -0.370. The predicted molar refractivity (Wildman–Crippen MR) is 258 cm³/mol. The Morgan fingerprint density at radius 1 is 0.750 bits per heavy atom. The van der Waals surface area contributed by atoms with Gasteiger partial charge in [-0.15, -0.1) is 0 Å². The van der Waals surface area contributed by atoms with Crippen molar-refractivity contribution >= 4 is 11.9 Å². The molecular weight excluding hydrogens is 937 g/mol. The van der Waals surface area contributed by atoms with Crippen LogP contribution in [0.5, 0.6) is 0 Å². The topological polar surface area (TPSA) is 310 Å². The number of hydrogen-bond donors (Lipinski definition) is 11. The molecule has 12 N–H and O–H groups in total. The number of rotatable bonds is 13. The monoisotopic (exact) mass is 1020 g/mol. The molecule has 0 aromatic carbocycles. The Morgan fingerprint density at radius 3 is 2.14 bits per heavy atom. The van der Waals surface area contributed by atoms with Crippen molar-refractivity contribution in [2.45, 2.75) is 237 Å². The maximum atomic E-state index is 15.6. The molecule has 7 fully saturated rings. The van der Waals surface area contributed by atoms with Gasteiger partial charge >= 0.3 is 5.97 Å². The molecule has 19 nitrogen and oxygen atoms in total. The van der Waals surface area contributed by atoms with Gasteiger partial charge in [-0.1, -0.05) is 66.5 Å². The number of nitrogens with one attached hydrogen (secondary N) is 1. The molecule has 19 heteroatoms. The molecule has 0 aromatic rings. The van der Waals surface area contributed by atoms with Gasteiger partial charge in [-0.25, -0.2) is 0 Å². The van der Waals surface area contributed by atoms with E-state index in [-0.39, 0.29) is 53.1 Å². The van der Waals surface area contributed by atoms with E-state index in [4.69, 9.17) is 34.2 Å². The van der Waals surface area contributed by atoms with Crippen LogP contribution in [0.25, 0.3) is 0 Å². The highest BCUT2D eigenvalue weighted by atomic mass is 16.8. The summed E-state index contributed by atoms with van der Waals surface area (Å²) < 4.78 is 36.3. The van der Waals surface area contributed by atoms with Gasteiger partial charge in [0, 0.05) is 6.42 Å². The summed E-state index contributed by atoms with van der Waals surface area (Å²) >= 11 is 0. The van der Waals surface area contributed by atoms with Crippen LogP contribution in [0.2, 0.25) is 0 Å². The Bertz CT molecular complexity index is 1970. The van der Waals surface area contributed by atoms with Crippen molar-refractivity contribution in [1.82, 2.24) is 5.32 Å². The minimum absolute atomic E-state index is 0.0536. The Hall–Kier alpha value is -1.92. The second-order valence-corrected chi connectivity index (χ2v) is 25.3. The van der Waals surface area contributed by atoms with E-state index in [1.807, 2.05) is 0 Å². The van der Waals surface area contributed by atoms with Crippen LogP contribution < -0.4 is 11.1 Å². The van der Waals surface area contributed by atoms with Crippen LogP contribution in [0.15, 0.2) is 11.6 Å². The van der Waals surface area contributed by atoms with Crippen LogP contribution in [0, 0.1) is 50.2 Å². The van der Waals surface area contributed by atoms with Crippen LogP contribution in [0.1, 0.15) is 139 Å². The van der Waals surface area contributed by atoms with E-state index in [0.717, 1.165) is 37.7 Å². The van der Waals surface area contributed by atoms with Crippen molar-refractivity contribution in [2.24, 2.45) is 56.0 Å². The summed E-state index contributed by atoms with van der Waals surface area (Å²) in [5, 5.41) is 104. The number of ether oxygens (including phenoxy) is 6. The zero-order chi connectivity index (χ0) is 52.7. The highest BCUT2D eigenvalue weighted by molar-refractivity contribution is 5.80. The van der Waals surface area contributed by atoms with E-state index >= 15 is 4.79 Å². The van der Waals surface area contributed by atoms with E-state index in [9.17, 15) is 50.8 Å². The SMILES string of the molecule is CC1O[C@@H](OC2C(O)[C@@H](NC(=O)CCCCCN)C(CO)O[C@H]2OC(=O)[C@]23CCC(C)(C)CC2C2=CCC4C5(C)CC[C@H](O)C(C)(C)[C@@H]5CC[C@]4(C)[C@]2(C)CC3O)C(O)C(O)[C@H]1O[C@@H]1OC[C@@H](O)C(O)C1O. The summed E-state index contributed by atoms with van der Waals surface area (Å²) in [6.07, 6.45) is -12.0. The van der Waals surface area contributed by atoms with E-state index in [0.29, 0.717) is 51.0 Å². The molecule has 3 aliphatic heterocycles. The summed E-state index contributed by atoms with van der Waals surface area (Å²) in [5.74, 6) is -1.10. The van der Waals surface area contributed by atoms with Crippen LogP contribution in [-0.4, -0.2) is 176 Å². The molecule has 8 aliphatic rings. The number of nitrogens with two attached hydrogens (primary N) is 1. The lowest BCUT2D eigenvalue weighted by Crippen LogP contribution is -2.69. The smallest absolute Gasteiger partial charge is 0.317 e. The van der Waals surface area contributed by atoms with Crippen molar-refractivity contribution < 1.29 is 84.0 Å². The normalized spacial score (nSPS) is 49.8. The fourth-order valence-electron chi connectivity index (χ4n) is 15.8. The van der Waals surface area contributed by atoms with Crippen LogP contribution in [-0.2, 0) is 38.0 Å². The molecule has 4 saturated carbocycles. The number of aliphatic hydroxyl groups excluding tert-OH is 9. The first-order chi connectivity index (χ1) is 33.7. The minimum atomic E-state index is -1.91. The van der Waals surface area contributed by atoms with Gasteiger partial charge < -0.3 is 85.4 Å². The second kappa shape index (κ2) is 20.8. The van der Waals surface area contributed by atoms with Crippen molar-refractivity contribution in [3.8, 4) is 0 Å². The lowest BCUT2D eigenvalue weighted by atomic mass is 9.33. The molecule has 8 rings (SSSR count). The number of amides is 1. The number of allylic oxidation sites excluding steroid dienone is 2. The molecule has 5 aliphatic carbocycles. The second-order valence-electron chi connectivity index (χ2n) is 25.3. The molecule has 0 spiro atoms. The quantitative estimate of drug-likeness (QED) is 0.0706. The number of aliphatic hydroxyl groups is 9. The third kappa shape index (κ3) is 9.45. The number of hydrogen-bond acceptors (Lipinski definition) is 18. The molecule has 12 unspecified atom stereocenters. The van der Waals surface area contributed by atoms with Crippen LogP contribution in [0.3, 0.4) is 0 Å². The molecule has 3 saturated heterocycles. The number of carbonyl (C=O) groups is 2. The first kappa shape index (κ1) is 56.3. The minimum Gasteiger partial charge on any atom is -0.432 e. The van der Waals surface area contributed by atoms with E-state index in [1.54, 1.807) is 0 Å². The number of esters is 1. The zero-order valence-corrected chi connectivity index (χ0v) is 43.7. The van der Waals surface area contributed by atoms with Crippen LogP contribution >= 0.6 is 0 Å². The Balaban J connectivity index is 1.09. The third-order valence-corrected chi connectivity index (χ3v) is 20.4. The average molecular weight is 1030 g/mol. The van der Waals surface area contributed by atoms with Crippen molar-refractivity contribution in [3.05, 3.63) is 11.6 Å². The molecule has 1 amide bonds. The number of fused-ring (bicyclic) bond motifs is 7. The van der Waals surface area contributed by atoms with Gasteiger partial charge in [-0.2, -0.15) is 0 Å². The highest BCUT2D eigenvalue weighted by Gasteiger charge is 2.72. The number of carbonyl (C=O) groups excluding carboxylic acids is 2. The standard InChI is InChI=1S/C53H88N2O17/c1-26-42(70-44-40(64)37(61)29(57)25-67-44)39(63)41(65)45(68-26)71-43-38(62)36(55-35(60)12-10-9-11-21-54)30(24-56)69-46(43)72-47(66)53-20-19-48(2,3)22-28(53)27-13-14-32-50(6)17-16-33(58)49(4,5)31(50)15-18-51(32,7)52(27,8)23-34(53)59/h13,26,28-34,36-46,56-59,61-65H,9-12,14-25,54H2,1-8H3,(H,55,60)/t26?,28?,29-,30?,31+,32?,33+,34?,36+,37?,38?,39?,40?,41?,42+,43?,44+,45+,46+,50?,51+,52-,53-/m1/s1. The summed E-state index contributed by atoms with van der Waals surface area (Å²) in [4.78, 5) is 28.9. The molecular formula is C53H88N2O17. The zero-order valence-electron chi connectivity index (χ0n) is 43.7. The van der Waals surface area contributed by atoms with Crippen molar-refractivity contribution in [3.63, 3.8) is 0 Å². The maximum Gasteiger partial charge on any atom is 0.317 e. The average Bonchev–Trinajstić information content (AvgIpc) is 3.31. The summed E-state index contributed by atoms with van der Waals surface area (Å²) in [6, 6.07) is -1.32. The molecule has 72 heavy (non-hydrogen) atoms. The van der Waals surface area contributed by atoms with E-state index in [1.165, 1.54) is 6.92 Å². The van der Waals surface area contributed by atoms with E-state index < -0.39 is 127 Å². The first-order valence-corrected chi connectivity index (χ1v) is 26.9. The van der Waals surface area contributed by atoms with Crippen molar-refractivity contribution in [2.75, 3.05) is 19.8 Å². The fraction of sp³-hybridized carbons (Fsp3) is 0.925. The summed E-state index contributed by atoms with van der Waals surface area (Å²) in [7, 11) is 0. The largest absolute Gasteiger partial charge is 0.432 e. The molecule has 0 radical (unpaired) electrons. The van der Waals surface area contributed by atoms with E-state index in [2.05, 4.69) is 59.9 Å². The molecule has 0 aromatic heterocycles. The lowest BCUT2D eigenvalue weighted by Gasteiger charge is -2.71. The Labute approximate surface area is 424 Å². The van der Waals surface area contributed by atoms with Crippen molar-refractivity contribution in [1.29, 1.82) is 0 Å². The number of unbranched alkanes of at least 4 members (excludes halogenated alkanes) is 2.